The van der Waals surface area contributed by atoms with Crippen LogP contribution in [-0.2, 0) is 9.53 Å². The van der Waals surface area contributed by atoms with Crippen molar-refractivity contribution in [2.45, 2.75) is 50.6 Å². The van der Waals surface area contributed by atoms with Crippen LogP contribution >= 0.6 is 0 Å². The highest BCUT2D eigenvalue weighted by Gasteiger charge is 2.36. The first-order chi connectivity index (χ1) is 8.84. The van der Waals surface area contributed by atoms with Gasteiger partial charge in [-0.3, -0.25) is 4.79 Å². The maximum Gasteiger partial charge on any atom is 0.239 e. The fourth-order valence-corrected chi connectivity index (χ4v) is 2.61. The van der Waals surface area contributed by atoms with Crippen LogP contribution in [0.15, 0.2) is 0 Å². The summed E-state index contributed by atoms with van der Waals surface area (Å²) in [6, 6.07) is 0. The molecule has 1 amide bonds. The second kappa shape index (κ2) is 6.68. The summed E-state index contributed by atoms with van der Waals surface area (Å²) in [6.07, 6.45) is 3.49. The second-order valence-corrected chi connectivity index (χ2v) is 6.08. The van der Waals surface area contributed by atoms with Crippen LogP contribution in [-0.4, -0.2) is 55.7 Å². The molecule has 19 heavy (non-hydrogen) atoms. The SMILES string of the molecule is CCCC(C)(N)C(=O)NCC1(N(C)C)CCOCC1. The third kappa shape index (κ3) is 4.16. The first-order valence-corrected chi connectivity index (χ1v) is 7.16. The van der Waals surface area contributed by atoms with Crippen LogP contribution in [0, 0.1) is 0 Å². The van der Waals surface area contributed by atoms with Gasteiger partial charge in [-0.2, -0.15) is 0 Å². The van der Waals surface area contributed by atoms with E-state index in [1.165, 1.54) is 0 Å². The van der Waals surface area contributed by atoms with E-state index in [0.29, 0.717) is 13.0 Å². The quantitative estimate of drug-likeness (QED) is 0.747. The van der Waals surface area contributed by atoms with Crippen LogP contribution in [0.4, 0.5) is 0 Å². The number of amides is 1. The van der Waals surface area contributed by atoms with Gasteiger partial charge in [0.1, 0.15) is 0 Å². The van der Waals surface area contributed by atoms with Gasteiger partial charge in [0, 0.05) is 25.3 Å². The van der Waals surface area contributed by atoms with E-state index in [1.54, 1.807) is 6.92 Å². The topological polar surface area (TPSA) is 67.6 Å². The van der Waals surface area contributed by atoms with E-state index in [0.717, 1.165) is 32.5 Å². The summed E-state index contributed by atoms with van der Waals surface area (Å²) in [6.45, 7) is 5.99. The average Bonchev–Trinajstić information content (AvgIpc) is 2.36. The number of likely N-dealkylation sites (N-methyl/N-ethyl adjacent to an activating group) is 1. The molecule has 1 saturated heterocycles. The van der Waals surface area contributed by atoms with E-state index in [4.69, 9.17) is 10.5 Å². The third-order valence-corrected chi connectivity index (χ3v) is 4.24. The Balaban J connectivity index is 2.59. The minimum Gasteiger partial charge on any atom is -0.381 e. The molecule has 3 N–H and O–H groups in total. The molecule has 1 heterocycles. The van der Waals surface area contributed by atoms with E-state index in [2.05, 4.69) is 24.3 Å². The molecule has 0 bridgehead atoms. The van der Waals surface area contributed by atoms with Gasteiger partial charge in [0.25, 0.3) is 0 Å². The van der Waals surface area contributed by atoms with Crippen molar-refractivity contribution >= 4 is 5.91 Å². The third-order valence-electron chi connectivity index (χ3n) is 4.24. The highest BCUT2D eigenvalue weighted by atomic mass is 16.5. The lowest BCUT2D eigenvalue weighted by molar-refractivity contribution is -0.127. The number of hydrogen-bond acceptors (Lipinski definition) is 4. The number of hydrogen-bond donors (Lipinski definition) is 2. The Labute approximate surface area is 116 Å². The predicted octanol–water partition coefficient (Wildman–Crippen LogP) is 0.731. The Hall–Kier alpha value is -0.650. The van der Waals surface area contributed by atoms with Gasteiger partial charge >= 0.3 is 0 Å². The van der Waals surface area contributed by atoms with Gasteiger partial charge in [0.2, 0.25) is 5.91 Å². The van der Waals surface area contributed by atoms with E-state index in [1.807, 2.05) is 6.92 Å². The second-order valence-electron chi connectivity index (χ2n) is 6.08. The molecule has 5 nitrogen and oxygen atoms in total. The fraction of sp³-hybridized carbons (Fsp3) is 0.929. The van der Waals surface area contributed by atoms with E-state index < -0.39 is 5.54 Å². The minimum atomic E-state index is -0.770. The molecule has 1 unspecified atom stereocenters. The zero-order valence-electron chi connectivity index (χ0n) is 12.8. The van der Waals surface area contributed by atoms with Crippen molar-refractivity contribution in [3.63, 3.8) is 0 Å². The van der Waals surface area contributed by atoms with Gasteiger partial charge in [0.05, 0.1) is 5.54 Å². The van der Waals surface area contributed by atoms with Crippen molar-refractivity contribution in [3.8, 4) is 0 Å². The molecule has 0 aromatic rings. The number of nitrogens with zero attached hydrogens (tertiary/aromatic N) is 1. The molecule has 1 atom stereocenters. The van der Waals surface area contributed by atoms with Gasteiger partial charge in [-0.1, -0.05) is 13.3 Å². The van der Waals surface area contributed by atoms with Crippen molar-refractivity contribution in [2.24, 2.45) is 5.73 Å². The molecule has 5 heteroatoms. The van der Waals surface area contributed by atoms with Crippen molar-refractivity contribution in [1.29, 1.82) is 0 Å². The monoisotopic (exact) mass is 271 g/mol. The molecule has 1 aliphatic heterocycles. The minimum absolute atomic E-state index is 0.00377. The molecule has 0 aliphatic carbocycles. The van der Waals surface area contributed by atoms with Crippen molar-refractivity contribution in [3.05, 3.63) is 0 Å². The number of rotatable bonds is 6. The lowest BCUT2D eigenvalue weighted by atomic mass is 9.88. The number of carbonyl (C=O) groups excluding carboxylic acids is 1. The molecular weight excluding hydrogens is 242 g/mol. The molecule has 0 radical (unpaired) electrons. The first-order valence-electron chi connectivity index (χ1n) is 7.16. The van der Waals surface area contributed by atoms with Gasteiger partial charge in [-0.05, 0) is 40.3 Å². The lowest BCUT2D eigenvalue weighted by Gasteiger charge is -2.43. The lowest BCUT2D eigenvalue weighted by Crippen LogP contribution is -2.59. The van der Waals surface area contributed by atoms with Gasteiger partial charge in [0.15, 0.2) is 0 Å². The van der Waals surface area contributed by atoms with E-state index in [9.17, 15) is 4.79 Å². The van der Waals surface area contributed by atoms with Crippen LogP contribution in [0.1, 0.15) is 39.5 Å². The molecule has 0 aromatic carbocycles. The number of ether oxygens (including phenoxy) is 1. The fourth-order valence-electron chi connectivity index (χ4n) is 2.61. The van der Waals surface area contributed by atoms with Crippen LogP contribution in [0.5, 0.6) is 0 Å². The molecule has 0 saturated carbocycles. The maximum atomic E-state index is 12.2. The molecular formula is C14H29N3O2. The molecule has 1 rings (SSSR count). The number of nitrogens with two attached hydrogens (primary N) is 1. The van der Waals surface area contributed by atoms with Crippen LogP contribution < -0.4 is 11.1 Å². The highest BCUT2D eigenvalue weighted by molar-refractivity contribution is 5.85. The Morgan fingerprint density at radius 3 is 2.47 bits per heavy atom. The maximum absolute atomic E-state index is 12.2. The molecule has 0 spiro atoms. The van der Waals surface area contributed by atoms with Gasteiger partial charge in [-0.15, -0.1) is 0 Å². The van der Waals surface area contributed by atoms with E-state index >= 15 is 0 Å². The molecule has 112 valence electrons. The van der Waals surface area contributed by atoms with E-state index in [-0.39, 0.29) is 11.4 Å². The average molecular weight is 271 g/mol. The Morgan fingerprint density at radius 2 is 2.00 bits per heavy atom. The molecule has 1 aliphatic rings. The normalized spacial score (nSPS) is 22.0. The van der Waals surface area contributed by atoms with Crippen molar-refractivity contribution in [1.82, 2.24) is 10.2 Å². The zero-order chi connectivity index (χ0) is 14.5. The van der Waals surface area contributed by atoms with Gasteiger partial charge < -0.3 is 20.7 Å². The van der Waals surface area contributed by atoms with Crippen LogP contribution in [0.3, 0.4) is 0 Å². The van der Waals surface area contributed by atoms with Crippen LogP contribution in [0.25, 0.3) is 0 Å². The summed E-state index contributed by atoms with van der Waals surface area (Å²) in [4.78, 5) is 14.4. The smallest absolute Gasteiger partial charge is 0.239 e. The summed E-state index contributed by atoms with van der Waals surface area (Å²) >= 11 is 0. The Kier molecular flexibility index (Phi) is 5.77. The molecule has 1 fully saturated rings. The zero-order valence-corrected chi connectivity index (χ0v) is 12.8. The summed E-state index contributed by atoms with van der Waals surface area (Å²) in [5.41, 5.74) is 5.28. The summed E-state index contributed by atoms with van der Waals surface area (Å²) in [5, 5.41) is 3.04. The standard InChI is InChI=1S/C14H29N3O2/c1-5-6-13(2,15)12(18)16-11-14(17(3)4)7-9-19-10-8-14/h5-11,15H2,1-4H3,(H,16,18). The largest absolute Gasteiger partial charge is 0.381 e. The predicted molar refractivity (Wildman–Crippen MR) is 77.0 cm³/mol. The summed E-state index contributed by atoms with van der Waals surface area (Å²) in [5.74, 6) is -0.0536. The Bertz CT molecular complexity index is 297. The van der Waals surface area contributed by atoms with Crippen molar-refractivity contribution in [2.75, 3.05) is 33.9 Å². The molecule has 0 aromatic heterocycles. The van der Waals surface area contributed by atoms with Crippen LogP contribution in [0.2, 0.25) is 0 Å². The summed E-state index contributed by atoms with van der Waals surface area (Å²) < 4.78 is 5.42. The van der Waals surface area contributed by atoms with Gasteiger partial charge in [-0.25, -0.2) is 0 Å². The number of nitrogens with one attached hydrogen (secondary N) is 1. The number of carbonyl (C=O) groups is 1. The highest BCUT2D eigenvalue weighted by Crippen LogP contribution is 2.25. The summed E-state index contributed by atoms with van der Waals surface area (Å²) in [7, 11) is 4.12. The Morgan fingerprint density at radius 1 is 1.42 bits per heavy atom. The van der Waals surface area contributed by atoms with Crippen molar-refractivity contribution < 1.29 is 9.53 Å². The first kappa shape index (κ1) is 16.4.